The molecule has 146 valence electrons. The molecule has 0 bridgehead atoms. The quantitative estimate of drug-likeness (QED) is 0.662. The Hall–Kier alpha value is -2.86. The van der Waals surface area contributed by atoms with Crippen LogP contribution in [0.15, 0.2) is 54.9 Å². The number of carbonyl (C=O) groups excluding carboxylic acids is 1. The van der Waals surface area contributed by atoms with Crippen LogP contribution in [0.25, 0.3) is 5.65 Å². The van der Waals surface area contributed by atoms with Crippen LogP contribution in [0, 0.1) is 0 Å². The molecule has 1 aromatic carbocycles. The molecule has 6 heteroatoms. The van der Waals surface area contributed by atoms with Crippen molar-refractivity contribution in [1.82, 2.24) is 19.2 Å². The Labute approximate surface area is 165 Å². The van der Waals surface area contributed by atoms with Crippen molar-refractivity contribution in [1.29, 1.82) is 0 Å². The zero-order valence-corrected chi connectivity index (χ0v) is 16.3. The summed E-state index contributed by atoms with van der Waals surface area (Å²) < 4.78 is 7.30. The molecule has 0 N–H and O–H groups in total. The second-order valence-corrected chi connectivity index (χ2v) is 7.21. The van der Waals surface area contributed by atoms with E-state index >= 15 is 0 Å². The Bertz CT molecular complexity index is 911. The van der Waals surface area contributed by atoms with Crippen molar-refractivity contribution in [3.8, 4) is 5.75 Å². The SMILES string of the molecule is COc1cccc(CCC(=O)N2CCN(Cc3cn4ccccc4n3)CC2)c1. The Morgan fingerprint density at radius 3 is 2.75 bits per heavy atom. The summed E-state index contributed by atoms with van der Waals surface area (Å²) in [6.07, 6.45) is 5.39. The van der Waals surface area contributed by atoms with E-state index in [4.69, 9.17) is 4.74 Å². The van der Waals surface area contributed by atoms with E-state index < -0.39 is 0 Å². The third kappa shape index (κ3) is 4.34. The number of amides is 1. The van der Waals surface area contributed by atoms with E-state index in [1.54, 1.807) is 7.11 Å². The molecule has 0 spiro atoms. The van der Waals surface area contributed by atoms with Crippen molar-refractivity contribution in [3.63, 3.8) is 0 Å². The number of benzene rings is 1. The summed E-state index contributed by atoms with van der Waals surface area (Å²) in [5, 5.41) is 0. The van der Waals surface area contributed by atoms with Gasteiger partial charge in [-0.1, -0.05) is 18.2 Å². The highest BCUT2D eigenvalue weighted by Crippen LogP contribution is 2.15. The van der Waals surface area contributed by atoms with E-state index in [0.717, 1.165) is 61.8 Å². The van der Waals surface area contributed by atoms with Gasteiger partial charge >= 0.3 is 0 Å². The van der Waals surface area contributed by atoms with Crippen LogP contribution in [0.2, 0.25) is 0 Å². The number of hydrogen-bond acceptors (Lipinski definition) is 4. The lowest BCUT2D eigenvalue weighted by atomic mass is 10.1. The summed E-state index contributed by atoms with van der Waals surface area (Å²) in [5.41, 5.74) is 3.19. The van der Waals surface area contributed by atoms with Crippen molar-refractivity contribution in [3.05, 3.63) is 66.1 Å². The number of carbonyl (C=O) groups is 1. The van der Waals surface area contributed by atoms with Crippen LogP contribution in [0.4, 0.5) is 0 Å². The average Bonchev–Trinajstić information content (AvgIpc) is 3.15. The molecule has 2 aromatic heterocycles. The molecule has 1 saturated heterocycles. The van der Waals surface area contributed by atoms with Crippen LogP contribution in [-0.4, -0.2) is 58.4 Å². The summed E-state index contributed by atoms with van der Waals surface area (Å²) >= 11 is 0. The summed E-state index contributed by atoms with van der Waals surface area (Å²) in [6, 6.07) is 14.0. The molecule has 6 nitrogen and oxygen atoms in total. The monoisotopic (exact) mass is 378 g/mol. The Morgan fingerprint density at radius 1 is 1.11 bits per heavy atom. The number of methoxy groups -OCH3 is 1. The largest absolute Gasteiger partial charge is 0.497 e. The van der Waals surface area contributed by atoms with Gasteiger partial charge < -0.3 is 14.0 Å². The number of imidazole rings is 1. The summed E-state index contributed by atoms with van der Waals surface area (Å²) in [6.45, 7) is 4.17. The van der Waals surface area contributed by atoms with Crippen molar-refractivity contribution in [2.24, 2.45) is 0 Å². The smallest absolute Gasteiger partial charge is 0.222 e. The number of ether oxygens (including phenoxy) is 1. The molecule has 0 unspecified atom stereocenters. The Kier molecular flexibility index (Phi) is 5.58. The second kappa shape index (κ2) is 8.44. The molecule has 0 atom stereocenters. The van der Waals surface area contributed by atoms with Gasteiger partial charge in [0.05, 0.1) is 12.8 Å². The fourth-order valence-electron chi connectivity index (χ4n) is 3.69. The maximum Gasteiger partial charge on any atom is 0.222 e. The van der Waals surface area contributed by atoms with Crippen LogP contribution < -0.4 is 4.74 Å². The molecule has 4 rings (SSSR count). The van der Waals surface area contributed by atoms with Gasteiger partial charge in [0.15, 0.2) is 0 Å². The Morgan fingerprint density at radius 2 is 1.96 bits per heavy atom. The van der Waals surface area contributed by atoms with Crippen molar-refractivity contribution in [2.45, 2.75) is 19.4 Å². The van der Waals surface area contributed by atoms with Gasteiger partial charge in [-0.2, -0.15) is 0 Å². The number of fused-ring (bicyclic) bond motifs is 1. The highest BCUT2D eigenvalue weighted by Gasteiger charge is 2.21. The standard InChI is InChI=1S/C22H26N4O2/c1-28-20-6-4-5-18(15-20)8-9-22(27)25-13-11-24(12-14-25)16-19-17-26-10-3-2-7-21(26)23-19/h2-7,10,15,17H,8-9,11-14,16H2,1H3. The first-order valence-corrected chi connectivity index (χ1v) is 9.77. The third-order valence-electron chi connectivity index (χ3n) is 5.29. The number of hydrogen-bond donors (Lipinski definition) is 0. The first-order valence-electron chi connectivity index (χ1n) is 9.77. The van der Waals surface area contributed by atoms with Gasteiger partial charge in [-0.25, -0.2) is 4.98 Å². The predicted octanol–water partition coefficient (Wildman–Crippen LogP) is 2.62. The van der Waals surface area contributed by atoms with E-state index in [1.807, 2.05) is 58.0 Å². The fourth-order valence-corrected chi connectivity index (χ4v) is 3.69. The minimum atomic E-state index is 0.232. The molecule has 28 heavy (non-hydrogen) atoms. The lowest BCUT2D eigenvalue weighted by Crippen LogP contribution is -2.48. The van der Waals surface area contributed by atoms with Crippen molar-refractivity contribution >= 4 is 11.6 Å². The molecule has 3 aromatic rings. The maximum atomic E-state index is 12.6. The number of rotatable bonds is 6. The lowest BCUT2D eigenvalue weighted by Gasteiger charge is -2.34. The molecule has 1 aliphatic heterocycles. The molecular formula is C22H26N4O2. The molecule has 3 heterocycles. The topological polar surface area (TPSA) is 50.1 Å². The van der Waals surface area contributed by atoms with Gasteiger partial charge in [-0.3, -0.25) is 9.69 Å². The lowest BCUT2D eigenvalue weighted by molar-refractivity contribution is -0.133. The Balaban J connectivity index is 1.25. The fraction of sp³-hybridized carbons (Fsp3) is 0.364. The number of aryl methyl sites for hydroxylation is 1. The summed E-state index contributed by atoms with van der Waals surface area (Å²) in [5.74, 6) is 1.07. The van der Waals surface area contributed by atoms with Gasteiger partial charge in [0.2, 0.25) is 5.91 Å². The molecule has 1 aliphatic rings. The van der Waals surface area contributed by atoms with Crippen LogP contribution in [0.5, 0.6) is 5.75 Å². The first kappa shape index (κ1) is 18.5. The highest BCUT2D eigenvalue weighted by molar-refractivity contribution is 5.76. The van der Waals surface area contributed by atoms with Crippen LogP contribution in [0.1, 0.15) is 17.7 Å². The van der Waals surface area contributed by atoms with Gasteiger partial charge in [-0.15, -0.1) is 0 Å². The van der Waals surface area contributed by atoms with E-state index in [0.29, 0.717) is 6.42 Å². The minimum Gasteiger partial charge on any atom is -0.497 e. The maximum absolute atomic E-state index is 12.6. The third-order valence-corrected chi connectivity index (χ3v) is 5.29. The minimum absolute atomic E-state index is 0.232. The van der Waals surface area contributed by atoms with Crippen molar-refractivity contribution < 1.29 is 9.53 Å². The van der Waals surface area contributed by atoms with Crippen LogP contribution >= 0.6 is 0 Å². The van der Waals surface area contributed by atoms with E-state index in [1.165, 1.54) is 0 Å². The number of pyridine rings is 1. The molecule has 0 saturated carbocycles. The van der Waals surface area contributed by atoms with Gasteiger partial charge in [0.1, 0.15) is 11.4 Å². The van der Waals surface area contributed by atoms with Gasteiger partial charge in [0, 0.05) is 51.5 Å². The first-order chi connectivity index (χ1) is 13.7. The van der Waals surface area contributed by atoms with E-state index in [-0.39, 0.29) is 5.91 Å². The molecule has 1 fully saturated rings. The van der Waals surface area contributed by atoms with E-state index in [9.17, 15) is 4.79 Å². The van der Waals surface area contributed by atoms with Crippen LogP contribution in [0.3, 0.4) is 0 Å². The molecular weight excluding hydrogens is 352 g/mol. The number of piperazine rings is 1. The predicted molar refractivity (Wildman–Crippen MR) is 108 cm³/mol. The second-order valence-electron chi connectivity index (χ2n) is 7.21. The average molecular weight is 378 g/mol. The van der Waals surface area contributed by atoms with Crippen molar-refractivity contribution in [2.75, 3.05) is 33.3 Å². The number of nitrogens with zero attached hydrogens (tertiary/aromatic N) is 4. The van der Waals surface area contributed by atoms with Gasteiger partial charge in [0.25, 0.3) is 0 Å². The summed E-state index contributed by atoms with van der Waals surface area (Å²) in [7, 11) is 1.66. The summed E-state index contributed by atoms with van der Waals surface area (Å²) in [4.78, 5) is 21.6. The molecule has 1 amide bonds. The number of aromatic nitrogens is 2. The zero-order valence-electron chi connectivity index (χ0n) is 16.3. The normalized spacial score (nSPS) is 15.1. The zero-order chi connectivity index (χ0) is 19.3. The highest BCUT2D eigenvalue weighted by atomic mass is 16.5. The molecule has 0 radical (unpaired) electrons. The van der Waals surface area contributed by atoms with Crippen LogP contribution in [-0.2, 0) is 17.8 Å². The van der Waals surface area contributed by atoms with Gasteiger partial charge in [-0.05, 0) is 36.2 Å². The van der Waals surface area contributed by atoms with E-state index in [2.05, 4.69) is 16.1 Å². The molecule has 0 aliphatic carbocycles.